The summed E-state index contributed by atoms with van der Waals surface area (Å²) in [5.74, 6) is 0.573. The summed E-state index contributed by atoms with van der Waals surface area (Å²) >= 11 is 1.45. The zero-order valence-corrected chi connectivity index (χ0v) is 23.5. The number of rotatable bonds is 11. The number of benzene rings is 2. The maximum Gasteiger partial charge on any atom is 0.260 e. The van der Waals surface area contributed by atoms with E-state index in [2.05, 4.69) is 4.90 Å². The topological polar surface area (TPSA) is 92.3 Å². The monoisotopic (exact) mass is 558 g/mol. The van der Waals surface area contributed by atoms with Crippen LogP contribution in [0.2, 0.25) is 0 Å². The van der Waals surface area contributed by atoms with Crippen LogP contribution in [0.3, 0.4) is 0 Å². The molecule has 1 amide bonds. The average molecular weight is 559 g/mol. The summed E-state index contributed by atoms with van der Waals surface area (Å²) in [5, 5.41) is 0.616. The van der Waals surface area contributed by atoms with Gasteiger partial charge in [-0.3, -0.25) is 14.6 Å². The van der Waals surface area contributed by atoms with Gasteiger partial charge in [-0.15, -0.1) is 0 Å². The molecule has 5 rings (SSSR count). The molecule has 1 aliphatic heterocycles. The number of nitrogens with zero attached hydrogens (tertiary/aromatic N) is 4. The second-order valence-corrected chi connectivity index (χ2v) is 12.6. The number of carbonyl (C=O) groups excluding carboxylic acids is 1. The Morgan fingerprint density at radius 2 is 1.89 bits per heavy atom. The number of amides is 1. The highest BCUT2D eigenvalue weighted by Crippen LogP contribution is 2.33. The van der Waals surface area contributed by atoms with E-state index in [0.29, 0.717) is 23.8 Å². The van der Waals surface area contributed by atoms with E-state index >= 15 is 0 Å². The zero-order valence-electron chi connectivity index (χ0n) is 21.8. The zero-order chi connectivity index (χ0) is 26.7. The van der Waals surface area contributed by atoms with Crippen LogP contribution in [-0.2, 0) is 14.8 Å². The Kier molecular flexibility index (Phi) is 8.29. The van der Waals surface area contributed by atoms with Crippen LogP contribution in [0.1, 0.15) is 36.5 Å². The normalized spacial score (nSPS) is 16.7. The number of morpholine rings is 1. The Labute approximate surface area is 228 Å². The lowest BCUT2D eigenvalue weighted by molar-refractivity contribution is 0.0376. The van der Waals surface area contributed by atoms with Crippen molar-refractivity contribution in [3.8, 4) is 5.75 Å². The van der Waals surface area contributed by atoms with Gasteiger partial charge in [0.1, 0.15) is 5.75 Å². The van der Waals surface area contributed by atoms with E-state index in [0.717, 1.165) is 68.1 Å². The molecule has 2 heterocycles. The summed E-state index contributed by atoms with van der Waals surface area (Å²) < 4.78 is 39.3. The largest absolute Gasteiger partial charge is 0.494 e. The second-order valence-electron chi connectivity index (χ2n) is 9.60. The van der Waals surface area contributed by atoms with Crippen LogP contribution in [-0.4, -0.2) is 87.6 Å². The highest BCUT2D eigenvalue weighted by Gasteiger charge is 2.35. The van der Waals surface area contributed by atoms with Crippen LogP contribution in [0, 0.1) is 0 Å². The summed E-state index contributed by atoms with van der Waals surface area (Å²) in [4.78, 5) is 22.8. The van der Waals surface area contributed by atoms with Gasteiger partial charge in [0.2, 0.25) is 10.0 Å². The number of fused-ring (bicyclic) bond motifs is 1. The molecule has 0 atom stereocenters. The van der Waals surface area contributed by atoms with Crippen LogP contribution < -0.4 is 9.64 Å². The van der Waals surface area contributed by atoms with Crippen LogP contribution in [0.15, 0.2) is 47.4 Å². The van der Waals surface area contributed by atoms with Gasteiger partial charge in [0, 0.05) is 44.8 Å². The van der Waals surface area contributed by atoms with Crippen molar-refractivity contribution in [3.05, 3.63) is 48.0 Å². The van der Waals surface area contributed by atoms with Crippen molar-refractivity contribution in [2.45, 2.75) is 37.1 Å². The number of carbonyl (C=O) groups is 1. The molecule has 1 aliphatic carbocycles. The van der Waals surface area contributed by atoms with Crippen LogP contribution in [0.25, 0.3) is 10.2 Å². The fourth-order valence-corrected chi connectivity index (χ4v) is 6.99. The predicted molar refractivity (Wildman–Crippen MR) is 149 cm³/mol. The molecule has 1 saturated carbocycles. The molecule has 3 aromatic rings. The number of anilines is 1. The second kappa shape index (κ2) is 11.7. The minimum absolute atomic E-state index is 0.0746. The number of aromatic nitrogens is 1. The third-order valence-electron chi connectivity index (χ3n) is 6.93. The lowest BCUT2D eigenvalue weighted by Gasteiger charge is -2.27. The molecule has 2 fully saturated rings. The molecule has 0 bridgehead atoms. The maximum atomic E-state index is 13.8. The molecule has 1 saturated heterocycles. The van der Waals surface area contributed by atoms with Gasteiger partial charge in [-0.25, -0.2) is 13.4 Å². The van der Waals surface area contributed by atoms with Crippen molar-refractivity contribution in [3.63, 3.8) is 0 Å². The molecule has 9 nitrogen and oxygen atoms in total. The highest BCUT2D eigenvalue weighted by molar-refractivity contribution is 7.89. The van der Waals surface area contributed by atoms with Crippen LogP contribution in [0.5, 0.6) is 5.75 Å². The van der Waals surface area contributed by atoms with Gasteiger partial charge in [0.25, 0.3) is 5.91 Å². The van der Waals surface area contributed by atoms with E-state index in [1.54, 1.807) is 24.1 Å². The number of ether oxygens (including phenoxy) is 2. The minimum atomic E-state index is -3.57. The number of sulfonamides is 1. The summed E-state index contributed by atoms with van der Waals surface area (Å²) in [5.41, 5.74) is 1.24. The molecule has 204 valence electrons. The minimum Gasteiger partial charge on any atom is -0.494 e. The third kappa shape index (κ3) is 6.02. The van der Waals surface area contributed by atoms with Gasteiger partial charge >= 0.3 is 0 Å². The highest BCUT2D eigenvalue weighted by atomic mass is 32.2. The quantitative estimate of drug-likeness (QED) is 0.353. The molecular formula is C27H34N4O5S2. The molecule has 0 radical (unpaired) electrons. The number of hydrogen-bond donors (Lipinski definition) is 0. The Balaban J connectivity index is 1.38. The summed E-state index contributed by atoms with van der Waals surface area (Å²) in [6, 6.07) is 12.1. The van der Waals surface area contributed by atoms with Crippen molar-refractivity contribution in [2.24, 2.45) is 0 Å². The van der Waals surface area contributed by atoms with Crippen molar-refractivity contribution in [1.82, 2.24) is 14.2 Å². The Bertz CT molecular complexity index is 1370. The van der Waals surface area contributed by atoms with Crippen molar-refractivity contribution < 1.29 is 22.7 Å². The molecule has 2 aromatic carbocycles. The molecular weight excluding hydrogens is 524 g/mol. The summed E-state index contributed by atoms with van der Waals surface area (Å²) in [7, 11) is -1.96. The van der Waals surface area contributed by atoms with E-state index in [9.17, 15) is 13.2 Å². The molecule has 11 heteroatoms. The number of hydrogen-bond acceptors (Lipinski definition) is 8. The third-order valence-corrected chi connectivity index (χ3v) is 9.90. The average Bonchev–Trinajstić information content (AvgIpc) is 3.70. The molecule has 2 aliphatic rings. The fourth-order valence-electron chi connectivity index (χ4n) is 4.55. The van der Waals surface area contributed by atoms with Crippen LogP contribution >= 0.6 is 11.3 Å². The smallest absolute Gasteiger partial charge is 0.260 e. The first-order valence-corrected chi connectivity index (χ1v) is 15.4. The van der Waals surface area contributed by atoms with Gasteiger partial charge in [-0.1, -0.05) is 11.3 Å². The Morgan fingerprint density at radius 1 is 1.16 bits per heavy atom. The lowest BCUT2D eigenvalue weighted by atomic mass is 10.2. The predicted octanol–water partition coefficient (Wildman–Crippen LogP) is 3.85. The van der Waals surface area contributed by atoms with Gasteiger partial charge in [-0.05, 0) is 68.7 Å². The van der Waals surface area contributed by atoms with E-state index in [1.165, 1.54) is 27.8 Å². The fraction of sp³-hybridized carbons (Fsp3) is 0.481. The van der Waals surface area contributed by atoms with Crippen molar-refractivity contribution in [2.75, 3.05) is 57.9 Å². The first-order chi connectivity index (χ1) is 18.4. The molecule has 38 heavy (non-hydrogen) atoms. The summed E-state index contributed by atoms with van der Waals surface area (Å²) in [6.07, 6.45) is 2.56. The van der Waals surface area contributed by atoms with Gasteiger partial charge in [-0.2, -0.15) is 4.31 Å². The van der Waals surface area contributed by atoms with Gasteiger partial charge in [0.05, 0.1) is 34.9 Å². The van der Waals surface area contributed by atoms with E-state index < -0.39 is 10.0 Å². The molecule has 0 spiro atoms. The van der Waals surface area contributed by atoms with Crippen molar-refractivity contribution >= 4 is 42.6 Å². The van der Waals surface area contributed by atoms with E-state index in [-0.39, 0.29) is 16.8 Å². The van der Waals surface area contributed by atoms with Gasteiger partial charge < -0.3 is 9.47 Å². The first-order valence-electron chi connectivity index (χ1n) is 13.1. The Hall–Kier alpha value is -2.57. The van der Waals surface area contributed by atoms with Crippen LogP contribution in [0.4, 0.5) is 5.13 Å². The standard InChI is InChI=1S/C27H34N4O5S2/c1-3-36-22-9-12-24-25(19-22)37-27(28-24)31(14-4-13-30-15-17-35-18-16-30)26(32)20-5-10-23(11-6-20)38(33,34)29(2)21-7-8-21/h5-6,9-12,19,21H,3-4,7-8,13-18H2,1-2H3. The molecule has 0 N–H and O–H groups in total. The van der Waals surface area contributed by atoms with E-state index in [1.807, 2.05) is 25.1 Å². The first kappa shape index (κ1) is 27.0. The molecule has 0 unspecified atom stereocenters. The number of thiazole rings is 1. The maximum absolute atomic E-state index is 13.8. The van der Waals surface area contributed by atoms with Crippen molar-refractivity contribution in [1.29, 1.82) is 0 Å². The Morgan fingerprint density at radius 3 is 2.58 bits per heavy atom. The SMILES string of the molecule is CCOc1ccc2nc(N(CCCN3CCOCC3)C(=O)c3ccc(S(=O)(=O)N(C)C4CC4)cc3)sc2c1. The van der Waals surface area contributed by atoms with E-state index in [4.69, 9.17) is 14.5 Å². The molecule has 1 aromatic heterocycles. The van der Waals surface area contributed by atoms with Gasteiger partial charge in [0.15, 0.2) is 5.13 Å². The lowest BCUT2D eigenvalue weighted by Crippen LogP contribution is -2.39. The summed E-state index contributed by atoms with van der Waals surface area (Å²) in [6.45, 7) is 7.11.